The summed E-state index contributed by atoms with van der Waals surface area (Å²) in [6, 6.07) is 4.11. The van der Waals surface area contributed by atoms with Gasteiger partial charge in [0.2, 0.25) is 5.91 Å². The SMILES string of the molecule is C=CC(=O)N(Cc1cc(C#N)cs1)c1cnn(CC(=O)NC2CCCC2)c1. The molecule has 0 saturated heterocycles. The van der Waals surface area contributed by atoms with Gasteiger partial charge in [0.05, 0.1) is 24.0 Å². The molecule has 0 aliphatic heterocycles. The summed E-state index contributed by atoms with van der Waals surface area (Å²) < 4.78 is 1.53. The van der Waals surface area contributed by atoms with Crippen molar-refractivity contribution in [1.82, 2.24) is 15.1 Å². The summed E-state index contributed by atoms with van der Waals surface area (Å²) >= 11 is 1.42. The number of rotatable bonds is 7. The van der Waals surface area contributed by atoms with Crippen LogP contribution in [0.2, 0.25) is 0 Å². The van der Waals surface area contributed by atoms with Crippen molar-refractivity contribution in [2.75, 3.05) is 4.90 Å². The third-order valence-electron chi connectivity index (χ3n) is 4.49. The smallest absolute Gasteiger partial charge is 0.250 e. The lowest BCUT2D eigenvalue weighted by Crippen LogP contribution is -2.35. The Morgan fingerprint density at radius 1 is 1.48 bits per heavy atom. The van der Waals surface area contributed by atoms with Crippen LogP contribution in [0, 0.1) is 11.3 Å². The second-order valence-electron chi connectivity index (χ2n) is 6.49. The number of anilines is 1. The molecule has 140 valence electrons. The minimum atomic E-state index is -0.267. The third kappa shape index (κ3) is 4.83. The summed E-state index contributed by atoms with van der Waals surface area (Å²) in [5.74, 6) is -0.341. The van der Waals surface area contributed by atoms with Gasteiger partial charge in [0.1, 0.15) is 12.6 Å². The predicted molar refractivity (Wildman–Crippen MR) is 103 cm³/mol. The molecule has 1 aliphatic carbocycles. The Hall–Kier alpha value is -2.92. The molecule has 2 aromatic rings. The second kappa shape index (κ2) is 8.64. The molecule has 7 nitrogen and oxygen atoms in total. The van der Waals surface area contributed by atoms with Crippen LogP contribution in [0.3, 0.4) is 0 Å². The van der Waals surface area contributed by atoms with Crippen LogP contribution in [-0.2, 0) is 22.7 Å². The van der Waals surface area contributed by atoms with E-state index in [0.717, 1.165) is 30.6 Å². The van der Waals surface area contributed by atoms with Gasteiger partial charge in [-0.3, -0.25) is 14.3 Å². The number of nitrogens with zero attached hydrogens (tertiary/aromatic N) is 4. The van der Waals surface area contributed by atoms with Gasteiger partial charge >= 0.3 is 0 Å². The molecule has 0 bridgehead atoms. The molecule has 2 amide bonds. The Balaban J connectivity index is 1.68. The molecule has 8 heteroatoms. The molecular weight excluding hydrogens is 362 g/mol. The van der Waals surface area contributed by atoms with E-state index in [1.807, 2.05) is 0 Å². The fraction of sp³-hybridized carbons (Fsp3) is 0.368. The van der Waals surface area contributed by atoms with Crippen molar-refractivity contribution in [3.63, 3.8) is 0 Å². The number of hydrogen-bond donors (Lipinski definition) is 1. The van der Waals surface area contributed by atoms with Crippen LogP contribution < -0.4 is 10.2 Å². The summed E-state index contributed by atoms with van der Waals surface area (Å²) in [4.78, 5) is 26.9. The number of carbonyl (C=O) groups is 2. The van der Waals surface area contributed by atoms with E-state index < -0.39 is 0 Å². The maximum atomic E-state index is 12.3. The summed E-state index contributed by atoms with van der Waals surface area (Å²) in [6.45, 7) is 3.98. The van der Waals surface area contributed by atoms with Gasteiger partial charge in [-0.25, -0.2) is 0 Å². The van der Waals surface area contributed by atoms with E-state index in [4.69, 9.17) is 5.26 Å². The highest BCUT2D eigenvalue weighted by Gasteiger charge is 2.19. The van der Waals surface area contributed by atoms with Gasteiger partial charge in [0.25, 0.3) is 5.91 Å². The molecule has 1 N–H and O–H groups in total. The zero-order valence-electron chi connectivity index (χ0n) is 14.9. The molecule has 0 unspecified atom stereocenters. The van der Waals surface area contributed by atoms with Gasteiger partial charge in [-0.1, -0.05) is 19.4 Å². The zero-order valence-corrected chi connectivity index (χ0v) is 15.7. The largest absolute Gasteiger partial charge is 0.352 e. The lowest BCUT2D eigenvalue weighted by Gasteiger charge is -2.18. The normalized spacial score (nSPS) is 13.9. The Morgan fingerprint density at radius 3 is 2.93 bits per heavy atom. The predicted octanol–water partition coefficient (Wildman–Crippen LogP) is 2.59. The highest BCUT2D eigenvalue weighted by Crippen LogP contribution is 2.22. The highest BCUT2D eigenvalue weighted by atomic mass is 32.1. The number of aromatic nitrogens is 2. The fourth-order valence-electron chi connectivity index (χ4n) is 3.15. The first-order valence-corrected chi connectivity index (χ1v) is 9.70. The van der Waals surface area contributed by atoms with Crippen molar-refractivity contribution in [3.8, 4) is 6.07 Å². The fourth-order valence-corrected chi connectivity index (χ4v) is 3.95. The van der Waals surface area contributed by atoms with Gasteiger partial charge in [0.15, 0.2) is 0 Å². The van der Waals surface area contributed by atoms with E-state index in [9.17, 15) is 9.59 Å². The molecule has 3 rings (SSSR count). The first-order chi connectivity index (χ1) is 13.1. The lowest BCUT2D eigenvalue weighted by molar-refractivity contribution is -0.122. The van der Waals surface area contributed by atoms with Crippen LogP contribution in [0.25, 0.3) is 0 Å². The molecule has 1 saturated carbocycles. The van der Waals surface area contributed by atoms with Crippen molar-refractivity contribution in [2.45, 2.75) is 44.8 Å². The standard InChI is InChI=1S/C19H21N5O2S/c1-2-19(26)24(11-17-7-14(8-20)13-27-17)16-9-21-23(10-16)12-18(25)22-15-5-3-4-6-15/h2,7,9-10,13,15H,1,3-6,11-12H2,(H,22,25). The zero-order chi connectivity index (χ0) is 19.2. The summed E-state index contributed by atoms with van der Waals surface area (Å²) in [5.41, 5.74) is 1.15. The number of thiophene rings is 1. The average molecular weight is 383 g/mol. The van der Waals surface area contributed by atoms with Crippen molar-refractivity contribution in [3.05, 3.63) is 46.9 Å². The minimum absolute atomic E-state index is 0.0740. The average Bonchev–Trinajstić information content (AvgIpc) is 3.41. The monoisotopic (exact) mass is 383 g/mol. The molecule has 27 heavy (non-hydrogen) atoms. The molecule has 0 spiro atoms. The number of nitriles is 1. The lowest BCUT2D eigenvalue weighted by atomic mass is 10.2. The van der Waals surface area contributed by atoms with Crippen molar-refractivity contribution < 1.29 is 9.59 Å². The van der Waals surface area contributed by atoms with Gasteiger partial charge in [-0.15, -0.1) is 11.3 Å². The van der Waals surface area contributed by atoms with Crippen LogP contribution in [0.5, 0.6) is 0 Å². The van der Waals surface area contributed by atoms with E-state index >= 15 is 0 Å². The molecular formula is C19H21N5O2S. The first kappa shape index (κ1) is 18.9. The molecule has 0 aromatic carbocycles. The van der Waals surface area contributed by atoms with Crippen molar-refractivity contribution in [1.29, 1.82) is 5.26 Å². The highest BCUT2D eigenvalue weighted by molar-refractivity contribution is 7.10. The van der Waals surface area contributed by atoms with Crippen LogP contribution in [0.1, 0.15) is 36.1 Å². The molecule has 1 aliphatic rings. The van der Waals surface area contributed by atoms with Crippen molar-refractivity contribution >= 4 is 28.8 Å². The van der Waals surface area contributed by atoms with Gasteiger partial charge < -0.3 is 10.2 Å². The summed E-state index contributed by atoms with van der Waals surface area (Å²) in [5, 5.41) is 17.9. The van der Waals surface area contributed by atoms with Gasteiger partial charge in [-0.05, 0) is 25.0 Å². The van der Waals surface area contributed by atoms with E-state index in [-0.39, 0.29) is 24.4 Å². The number of nitrogens with one attached hydrogen (secondary N) is 1. The van der Waals surface area contributed by atoms with Crippen LogP contribution >= 0.6 is 11.3 Å². The van der Waals surface area contributed by atoms with E-state index in [1.165, 1.54) is 27.0 Å². The van der Waals surface area contributed by atoms with Gasteiger partial charge in [0, 0.05) is 22.5 Å². The quantitative estimate of drug-likeness (QED) is 0.744. The van der Waals surface area contributed by atoms with Gasteiger partial charge in [-0.2, -0.15) is 10.4 Å². The van der Waals surface area contributed by atoms with Crippen molar-refractivity contribution in [2.24, 2.45) is 0 Å². The maximum Gasteiger partial charge on any atom is 0.250 e. The number of amides is 2. The van der Waals surface area contributed by atoms with Crippen LogP contribution in [0.4, 0.5) is 5.69 Å². The summed E-state index contributed by atoms with van der Waals surface area (Å²) in [6.07, 6.45) is 8.85. The summed E-state index contributed by atoms with van der Waals surface area (Å²) in [7, 11) is 0. The molecule has 1 fully saturated rings. The maximum absolute atomic E-state index is 12.3. The van der Waals surface area contributed by atoms with E-state index in [0.29, 0.717) is 17.8 Å². The topological polar surface area (TPSA) is 91.0 Å². The third-order valence-corrected chi connectivity index (χ3v) is 5.42. The van der Waals surface area contributed by atoms with E-state index in [2.05, 4.69) is 23.1 Å². The second-order valence-corrected chi connectivity index (χ2v) is 7.48. The Kier molecular flexibility index (Phi) is 6.04. The Labute approximate surface area is 161 Å². The van der Waals surface area contributed by atoms with Crippen LogP contribution in [-0.4, -0.2) is 27.6 Å². The van der Waals surface area contributed by atoms with E-state index in [1.54, 1.807) is 23.8 Å². The Bertz CT molecular complexity index is 873. The minimum Gasteiger partial charge on any atom is -0.352 e. The Morgan fingerprint density at radius 2 is 2.26 bits per heavy atom. The first-order valence-electron chi connectivity index (χ1n) is 8.82. The molecule has 0 radical (unpaired) electrons. The van der Waals surface area contributed by atoms with Crippen LogP contribution in [0.15, 0.2) is 36.5 Å². The molecule has 2 heterocycles. The molecule has 0 atom stereocenters. The molecule has 2 aromatic heterocycles. The number of carbonyl (C=O) groups excluding carboxylic acids is 2. The number of hydrogen-bond acceptors (Lipinski definition) is 5.